The molecule has 11 nitrogen and oxygen atoms in total. The zero-order valence-electron chi connectivity index (χ0n) is 25.2. The SMILES string of the molecule is COc1ccc(N2CC=C[C@]34O[C@@H]5/C=C\CCC(=O)NC[C@@H](C)OC(=O)[C@@H]5[C@H]3C(=O)N([C@H](CO)c3ccccc3)[C@@H]4C2=O)cc1. The smallest absolute Gasteiger partial charge is 0.313 e. The van der Waals surface area contributed by atoms with E-state index >= 15 is 0 Å². The number of likely N-dealkylation sites (tertiary alicyclic amines) is 1. The fraction of sp³-hybridized carbons (Fsp3) is 0.412. The molecule has 4 aliphatic heterocycles. The summed E-state index contributed by atoms with van der Waals surface area (Å²) >= 11 is 0. The number of cyclic esters (lactones) is 1. The Morgan fingerprint density at radius 2 is 1.80 bits per heavy atom. The van der Waals surface area contributed by atoms with Crippen LogP contribution in [0.4, 0.5) is 5.69 Å². The first-order chi connectivity index (χ1) is 21.8. The second kappa shape index (κ2) is 12.5. The molecule has 6 rings (SSSR count). The normalized spacial score (nSPS) is 31.4. The number of esters is 1. The lowest BCUT2D eigenvalue weighted by Crippen LogP contribution is -2.56. The molecule has 2 N–H and O–H groups in total. The summed E-state index contributed by atoms with van der Waals surface area (Å²) in [6.07, 6.45) is 6.08. The third-order valence-electron chi connectivity index (χ3n) is 9.05. The van der Waals surface area contributed by atoms with Crippen LogP contribution in [0.2, 0.25) is 0 Å². The highest BCUT2D eigenvalue weighted by molar-refractivity contribution is 6.05. The zero-order valence-corrected chi connectivity index (χ0v) is 25.2. The molecule has 4 heterocycles. The Labute approximate surface area is 261 Å². The monoisotopic (exact) mass is 615 g/mol. The fourth-order valence-corrected chi connectivity index (χ4v) is 6.96. The van der Waals surface area contributed by atoms with E-state index in [1.807, 2.05) is 6.07 Å². The van der Waals surface area contributed by atoms with E-state index in [4.69, 9.17) is 14.2 Å². The molecule has 2 aromatic carbocycles. The Bertz CT molecular complexity index is 1510. The molecule has 2 saturated heterocycles. The predicted molar refractivity (Wildman–Crippen MR) is 163 cm³/mol. The number of carbonyl (C=O) groups is 4. The first-order valence-corrected chi connectivity index (χ1v) is 15.2. The van der Waals surface area contributed by atoms with Gasteiger partial charge in [-0.2, -0.15) is 0 Å². The molecule has 0 unspecified atom stereocenters. The van der Waals surface area contributed by atoms with Gasteiger partial charge in [0.15, 0.2) is 0 Å². The lowest BCUT2D eigenvalue weighted by molar-refractivity contribution is -0.159. The molecule has 45 heavy (non-hydrogen) atoms. The van der Waals surface area contributed by atoms with Crippen molar-refractivity contribution in [2.75, 3.05) is 31.7 Å². The van der Waals surface area contributed by atoms with E-state index in [2.05, 4.69) is 5.32 Å². The van der Waals surface area contributed by atoms with Crippen molar-refractivity contribution in [1.82, 2.24) is 10.2 Å². The minimum atomic E-state index is -1.53. The molecular formula is C34H37N3O8. The Morgan fingerprint density at radius 3 is 2.51 bits per heavy atom. The number of aliphatic hydroxyl groups excluding tert-OH is 1. The summed E-state index contributed by atoms with van der Waals surface area (Å²) in [5.74, 6) is -3.26. The largest absolute Gasteiger partial charge is 0.497 e. The molecule has 2 fully saturated rings. The molecule has 2 aromatic rings. The average Bonchev–Trinajstić information content (AvgIpc) is 3.43. The summed E-state index contributed by atoms with van der Waals surface area (Å²) in [5.41, 5.74) is -0.302. The van der Waals surface area contributed by atoms with Gasteiger partial charge in [0.05, 0.1) is 38.3 Å². The number of rotatable bonds is 5. The lowest BCUT2D eigenvalue weighted by Gasteiger charge is -2.38. The molecule has 0 aliphatic carbocycles. The highest BCUT2D eigenvalue weighted by Gasteiger charge is 2.72. The molecule has 3 amide bonds. The Hall–Kier alpha value is -4.48. The van der Waals surface area contributed by atoms with Gasteiger partial charge in [0.2, 0.25) is 11.8 Å². The number of methoxy groups -OCH3 is 1. The van der Waals surface area contributed by atoms with Gasteiger partial charge < -0.3 is 34.4 Å². The number of aliphatic hydroxyl groups is 1. The molecule has 1 spiro atoms. The first-order valence-electron chi connectivity index (χ1n) is 15.2. The van der Waals surface area contributed by atoms with Crippen LogP contribution in [0.25, 0.3) is 0 Å². The highest BCUT2D eigenvalue weighted by atomic mass is 16.6. The third kappa shape index (κ3) is 5.40. The molecule has 11 heteroatoms. The summed E-state index contributed by atoms with van der Waals surface area (Å²) in [4.78, 5) is 58.6. The highest BCUT2D eigenvalue weighted by Crippen LogP contribution is 2.55. The van der Waals surface area contributed by atoms with Gasteiger partial charge in [-0.1, -0.05) is 54.6 Å². The van der Waals surface area contributed by atoms with Crippen LogP contribution in [0, 0.1) is 11.8 Å². The van der Waals surface area contributed by atoms with Gasteiger partial charge in [0, 0.05) is 18.7 Å². The van der Waals surface area contributed by atoms with Crippen LogP contribution < -0.4 is 15.0 Å². The summed E-state index contributed by atoms with van der Waals surface area (Å²) in [5, 5.41) is 13.5. The van der Waals surface area contributed by atoms with Gasteiger partial charge in [-0.15, -0.1) is 0 Å². The van der Waals surface area contributed by atoms with Gasteiger partial charge in [-0.05, 0) is 43.2 Å². The van der Waals surface area contributed by atoms with E-state index in [1.165, 1.54) is 4.90 Å². The number of fused-ring (bicyclic) bond motifs is 2. The molecule has 4 aliphatic rings. The van der Waals surface area contributed by atoms with E-state index < -0.39 is 66.1 Å². The number of ether oxygens (including phenoxy) is 3. The summed E-state index contributed by atoms with van der Waals surface area (Å²) in [7, 11) is 1.56. The number of hydrogen-bond donors (Lipinski definition) is 2. The van der Waals surface area contributed by atoms with Crippen LogP contribution in [-0.2, 0) is 28.7 Å². The number of amides is 3. The van der Waals surface area contributed by atoms with Crippen molar-refractivity contribution in [3.8, 4) is 5.75 Å². The zero-order chi connectivity index (χ0) is 31.7. The van der Waals surface area contributed by atoms with E-state index in [0.29, 0.717) is 23.4 Å². The maximum atomic E-state index is 14.8. The number of carbonyl (C=O) groups excluding carboxylic acids is 4. The van der Waals surface area contributed by atoms with Crippen LogP contribution in [0.5, 0.6) is 5.75 Å². The third-order valence-corrected chi connectivity index (χ3v) is 9.05. The summed E-state index contributed by atoms with van der Waals surface area (Å²) in [6, 6.07) is 14.0. The number of hydrogen-bond acceptors (Lipinski definition) is 8. The molecular weight excluding hydrogens is 578 g/mol. The van der Waals surface area contributed by atoms with Crippen molar-refractivity contribution >= 4 is 29.4 Å². The van der Waals surface area contributed by atoms with Crippen molar-refractivity contribution in [2.45, 2.75) is 49.7 Å². The minimum Gasteiger partial charge on any atom is -0.497 e. The number of nitrogens with zero attached hydrogens (tertiary/aromatic N) is 2. The molecule has 7 atom stereocenters. The van der Waals surface area contributed by atoms with Crippen LogP contribution in [0.15, 0.2) is 78.9 Å². The van der Waals surface area contributed by atoms with Crippen LogP contribution in [-0.4, -0.2) is 84.4 Å². The Morgan fingerprint density at radius 1 is 1.04 bits per heavy atom. The van der Waals surface area contributed by atoms with Gasteiger partial charge in [-0.25, -0.2) is 0 Å². The summed E-state index contributed by atoms with van der Waals surface area (Å²) in [6.45, 7) is 1.53. The second-order valence-electron chi connectivity index (χ2n) is 11.8. The van der Waals surface area contributed by atoms with Gasteiger partial charge in [0.25, 0.3) is 5.91 Å². The second-order valence-corrected chi connectivity index (χ2v) is 11.8. The number of nitrogens with one attached hydrogen (secondary N) is 1. The van der Waals surface area contributed by atoms with Crippen LogP contribution in [0.1, 0.15) is 31.4 Å². The topological polar surface area (TPSA) is 135 Å². The first kappa shape index (κ1) is 30.5. The molecule has 236 valence electrons. The van der Waals surface area contributed by atoms with Crippen molar-refractivity contribution in [2.24, 2.45) is 11.8 Å². The summed E-state index contributed by atoms with van der Waals surface area (Å²) < 4.78 is 17.8. The fourth-order valence-electron chi connectivity index (χ4n) is 6.96. The van der Waals surface area contributed by atoms with Crippen molar-refractivity contribution in [3.05, 3.63) is 84.5 Å². The number of allylic oxidation sites excluding steroid dienone is 1. The van der Waals surface area contributed by atoms with E-state index in [1.54, 1.807) is 91.8 Å². The van der Waals surface area contributed by atoms with Crippen molar-refractivity contribution in [3.63, 3.8) is 0 Å². The number of benzene rings is 2. The molecule has 0 bridgehead atoms. The molecule has 0 saturated carbocycles. The van der Waals surface area contributed by atoms with Gasteiger partial charge in [0.1, 0.15) is 29.4 Å². The Balaban J connectivity index is 1.48. The van der Waals surface area contributed by atoms with Gasteiger partial charge >= 0.3 is 5.97 Å². The van der Waals surface area contributed by atoms with E-state index in [-0.39, 0.29) is 25.4 Å². The van der Waals surface area contributed by atoms with Gasteiger partial charge in [-0.3, -0.25) is 19.2 Å². The van der Waals surface area contributed by atoms with Crippen LogP contribution in [0.3, 0.4) is 0 Å². The minimum absolute atomic E-state index is 0.126. The molecule has 0 aromatic heterocycles. The number of anilines is 1. The Kier molecular flexibility index (Phi) is 8.48. The molecule has 0 radical (unpaired) electrons. The van der Waals surface area contributed by atoms with Crippen molar-refractivity contribution in [1.29, 1.82) is 0 Å². The van der Waals surface area contributed by atoms with Crippen LogP contribution >= 0.6 is 0 Å². The van der Waals surface area contributed by atoms with Crippen molar-refractivity contribution < 1.29 is 38.5 Å². The average molecular weight is 616 g/mol. The van der Waals surface area contributed by atoms with E-state index in [0.717, 1.165) is 0 Å². The quantitative estimate of drug-likeness (QED) is 0.387. The lowest BCUT2D eigenvalue weighted by atomic mass is 9.78. The predicted octanol–water partition coefficient (Wildman–Crippen LogP) is 2.31. The standard InChI is InChI=1S/C34H37N3O8/c1-21-19-35-27(39)12-7-6-11-26-28(33(42)44-21)29-31(40)37(25(20-38)22-9-4-3-5-10-22)30-32(41)36(18-8-17-34(29,30)45-26)23-13-15-24(43-2)16-14-23/h3-6,8-11,13-17,21,25-26,28-30,38H,7,12,18-20H2,1-2H3,(H,35,39)/b11-6-/t21-,25-,26-,28+,29+,30-,34+/m1/s1. The maximum Gasteiger partial charge on any atom is 0.313 e. The van der Waals surface area contributed by atoms with E-state index in [9.17, 15) is 24.3 Å². The maximum absolute atomic E-state index is 14.8.